The summed E-state index contributed by atoms with van der Waals surface area (Å²) in [7, 11) is 0. The molecule has 0 spiro atoms. The largest absolute Gasteiger partial charge is 0.508 e. The number of aromatic hydroxyl groups is 1. The number of carbonyl (C=O) groups excluding carboxylic acids is 4. The Hall–Kier alpha value is -4.40. The van der Waals surface area contributed by atoms with E-state index in [0.29, 0.717) is 5.56 Å². The summed E-state index contributed by atoms with van der Waals surface area (Å²) in [6.45, 7) is -0.373. The molecule has 15 heteroatoms. The zero-order chi connectivity index (χ0) is 28.0. The highest BCUT2D eigenvalue weighted by atomic mass is 16.4. The topological polar surface area (TPSA) is 278 Å². The van der Waals surface area contributed by atoms with E-state index < -0.39 is 54.3 Å². The van der Waals surface area contributed by atoms with Gasteiger partial charge in [-0.1, -0.05) is 12.1 Å². The van der Waals surface area contributed by atoms with Gasteiger partial charge in [0.15, 0.2) is 5.96 Å². The van der Waals surface area contributed by atoms with Crippen LogP contribution < -0.4 is 38.9 Å². The summed E-state index contributed by atoms with van der Waals surface area (Å²) in [5.41, 5.74) is 22.1. The molecule has 3 unspecified atom stereocenters. The molecule has 0 aliphatic carbocycles. The highest BCUT2D eigenvalue weighted by Gasteiger charge is 2.27. The van der Waals surface area contributed by atoms with E-state index in [9.17, 15) is 34.2 Å². The third-order valence-electron chi connectivity index (χ3n) is 5.04. The molecule has 3 atom stereocenters. The third-order valence-corrected chi connectivity index (χ3v) is 5.04. The number of carboxylic acid groups (broad SMARTS) is 1. The second-order valence-electron chi connectivity index (χ2n) is 8.17. The molecule has 0 saturated carbocycles. The fourth-order valence-electron chi connectivity index (χ4n) is 3.11. The highest BCUT2D eigenvalue weighted by molar-refractivity contribution is 5.92. The summed E-state index contributed by atoms with van der Waals surface area (Å²) >= 11 is 0. The first-order chi connectivity index (χ1) is 17.4. The lowest BCUT2D eigenvalue weighted by Gasteiger charge is -2.21. The van der Waals surface area contributed by atoms with Crippen molar-refractivity contribution in [2.45, 2.75) is 50.2 Å². The maximum Gasteiger partial charge on any atom is 0.326 e. The Balaban J connectivity index is 2.68. The van der Waals surface area contributed by atoms with Gasteiger partial charge in [-0.15, -0.1) is 0 Å². The van der Waals surface area contributed by atoms with E-state index >= 15 is 0 Å². The van der Waals surface area contributed by atoms with Crippen LogP contribution in [-0.4, -0.2) is 77.0 Å². The molecule has 37 heavy (non-hydrogen) atoms. The molecule has 0 fully saturated rings. The highest BCUT2D eigenvalue weighted by Crippen LogP contribution is 2.11. The fraction of sp³-hybridized carbons (Fsp3) is 0.455. The normalized spacial score (nSPS) is 12.9. The van der Waals surface area contributed by atoms with E-state index in [-0.39, 0.29) is 50.4 Å². The molecular formula is C22H34N8O7. The van der Waals surface area contributed by atoms with Crippen LogP contribution in [0, 0.1) is 0 Å². The van der Waals surface area contributed by atoms with Crippen LogP contribution in [0.4, 0.5) is 0 Å². The van der Waals surface area contributed by atoms with Gasteiger partial charge >= 0.3 is 5.97 Å². The van der Waals surface area contributed by atoms with Gasteiger partial charge in [-0.3, -0.25) is 24.2 Å². The predicted octanol–water partition coefficient (Wildman–Crippen LogP) is -3.25. The van der Waals surface area contributed by atoms with Crippen molar-refractivity contribution in [1.82, 2.24) is 16.0 Å². The Bertz CT molecular complexity index is 980. The molecule has 204 valence electrons. The van der Waals surface area contributed by atoms with Crippen LogP contribution in [0.3, 0.4) is 0 Å². The first kappa shape index (κ1) is 30.6. The number of phenolic OH excluding ortho intramolecular Hbond substituents is 1. The summed E-state index contributed by atoms with van der Waals surface area (Å²) in [6, 6.07) is 2.52. The molecule has 0 aliphatic heterocycles. The molecule has 1 rings (SSSR count). The molecule has 4 amide bonds. The number of aliphatic imine (C=N–C) groups is 1. The van der Waals surface area contributed by atoms with Gasteiger partial charge in [-0.05, 0) is 43.4 Å². The SMILES string of the molecule is NC(=O)CCC(NC(=O)CNC(=O)C(N)Cc1ccc(O)cc1)C(=O)NC(CCCN=C(N)N)C(=O)O. The van der Waals surface area contributed by atoms with Crippen molar-refractivity contribution >= 4 is 35.6 Å². The quantitative estimate of drug-likeness (QED) is 0.0593. The molecular weight excluding hydrogens is 488 g/mol. The number of hydrogen-bond donors (Lipinski definition) is 9. The predicted molar refractivity (Wildman–Crippen MR) is 133 cm³/mol. The van der Waals surface area contributed by atoms with E-state index in [4.69, 9.17) is 22.9 Å². The lowest BCUT2D eigenvalue weighted by Crippen LogP contribution is -2.54. The fourth-order valence-corrected chi connectivity index (χ4v) is 3.11. The Morgan fingerprint density at radius 3 is 2.14 bits per heavy atom. The van der Waals surface area contributed by atoms with Crippen molar-refractivity contribution in [3.8, 4) is 5.75 Å². The van der Waals surface area contributed by atoms with E-state index in [1.807, 2.05) is 0 Å². The van der Waals surface area contributed by atoms with Gasteiger partial charge in [0.1, 0.15) is 17.8 Å². The van der Waals surface area contributed by atoms with Crippen molar-refractivity contribution in [1.29, 1.82) is 0 Å². The molecule has 1 aromatic carbocycles. The molecule has 0 aliphatic rings. The second-order valence-corrected chi connectivity index (χ2v) is 8.17. The maximum absolute atomic E-state index is 12.7. The zero-order valence-corrected chi connectivity index (χ0v) is 20.2. The minimum Gasteiger partial charge on any atom is -0.508 e. The molecule has 1 aromatic rings. The first-order valence-electron chi connectivity index (χ1n) is 11.4. The van der Waals surface area contributed by atoms with Gasteiger partial charge in [-0.25, -0.2) is 4.79 Å². The number of nitrogens with one attached hydrogen (secondary N) is 3. The lowest BCUT2D eigenvalue weighted by atomic mass is 10.1. The Morgan fingerprint density at radius 2 is 1.57 bits per heavy atom. The standard InChI is InChI=1S/C22H34N8O7/c23-14(10-12-3-5-13(31)6-4-12)19(34)28-11-18(33)29-15(7-8-17(24)32)20(35)30-16(21(36)37)2-1-9-27-22(25)26/h3-6,14-16,31H,1-2,7-11,23H2,(H2,24,32)(H,28,34)(H,29,33)(H,30,35)(H,36,37)(H4,25,26,27). The molecule has 0 radical (unpaired) electrons. The van der Waals surface area contributed by atoms with Crippen LogP contribution in [0.15, 0.2) is 29.3 Å². The van der Waals surface area contributed by atoms with Crippen molar-refractivity contribution < 1.29 is 34.2 Å². The number of amides is 4. The minimum atomic E-state index is -1.31. The Labute approximate surface area is 213 Å². The first-order valence-corrected chi connectivity index (χ1v) is 11.4. The van der Waals surface area contributed by atoms with Gasteiger partial charge in [0, 0.05) is 13.0 Å². The van der Waals surface area contributed by atoms with Gasteiger partial charge in [-0.2, -0.15) is 0 Å². The number of carboxylic acids is 1. The Morgan fingerprint density at radius 1 is 0.919 bits per heavy atom. The lowest BCUT2D eigenvalue weighted by molar-refractivity contribution is -0.142. The van der Waals surface area contributed by atoms with Crippen LogP contribution in [0.25, 0.3) is 0 Å². The summed E-state index contributed by atoms with van der Waals surface area (Å²) < 4.78 is 0. The smallest absolute Gasteiger partial charge is 0.326 e. The molecule has 13 N–H and O–H groups in total. The molecule has 15 nitrogen and oxygen atoms in total. The number of guanidine groups is 1. The number of primary amides is 1. The minimum absolute atomic E-state index is 0.00329. The summed E-state index contributed by atoms with van der Waals surface area (Å²) in [6.07, 6.45) is -0.0453. The van der Waals surface area contributed by atoms with Gasteiger partial charge < -0.3 is 49.1 Å². The summed E-state index contributed by atoms with van der Waals surface area (Å²) in [5, 5.41) is 25.7. The van der Waals surface area contributed by atoms with Gasteiger partial charge in [0.25, 0.3) is 0 Å². The van der Waals surface area contributed by atoms with Crippen molar-refractivity contribution in [2.24, 2.45) is 27.9 Å². The number of benzene rings is 1. The number of hydrogen-bond acceptors (Lipinski definition) is 8. The molecule has 0 saturated heterocycles. The number of aliphatic carboxylic acids is 1. The molecule has 0 heterocycles. The second kappa shape index (κ2) is 15.6. The van der Waals surface area contributed by atoms with Crippen molar-refractivity contribution in [3.05, 3.63) is 29.8 Å². The third kappa shape index (κ3) is 12.7. The van der Waals surface area contributed by atoms with E-state index in [1.54, 1.807) is 12.1 Å². The van der Waals surface area contributed by atoms with E-state index in [0.717, 1.165) is 0 Å². The number of phenols is 1. The number of carbonyl (C=O) groups is 5. The Kier molecular flexibility index (Phi) is 12.9. The summed E-state index contributed by atoms with van der Waals surface area (Å²) in [5.74, 6) is -4.38. The van der Waals surface area contributed by atoms with Crippen LogP contribution >= 0.6 is 0 Å². The van der Waals surface area contributed by atoms with Crippen LogP contribution in [0.5, 0.6) is 5.75 Å². The monoisotopic (exact) mass is 522 g/mol. The molecule has 0 bridgehead atoms. The van der Waals surface area contributed by atoms with Crippen molar-refractivity contribution in [3.63, 3.8) is 0 Å². The van der Waals surface area contributed by atoms with Crippen LogP contribution in [0.2, 0.25) is 0 Å². The number of rotatable bonds is 16. The zero-order valence-electron chi connectivity index (χ0n) is 20.2. The molecule has 0 aromatic heterocycles. The number of nitrogens with two attached hydrogens (primary N) is 4. The summed E-state index contributed by atoms with van der Waals surface area (Å²) in [4.78, 5) is 63.8. The average Bonchev–Trinajstić information content (AvgIpc) is 2.82. The van der Waals surface area contributed by atoms with Gasteiger partial charge in [0.05, 0.1) is 12.6 Å². The van der Waals surface area contributed by atoms with Gasteiger partial charge in [0.2, 0.25) is 23.6 Å². The van der Waals surface area contributed by atoms with Crippen LogP contribution in [0.1, 0.15) is 31.2 Å². The van der Waals surface area contributed by atoms with E-state index in [1.165, 1.54) is 12.1 Å². The van der Waals surface area contributed by atoms with Crippen molar-refractivity contribution in [2.75, 3.05) is 13.1 Å². The van der Waals surface area contributed by atoms with E-state index in [2.05, 4.69) is 20.9 Å². The maximum atomic E-state index is 12.7. The average molecular weight is 523 g/mol. The number of nitrogens with zero attached hydrogens (tertiary/aromatic N) is 1. The van der Waals surface area contributed by atoms with Crippen LogP contribution in [-0.2, 0) is 30.4 Å².